The predicted molar refractivity (Wildman–Crippen MR) is 72.0 cm³/mol. The Hall–Kier alpha value is -1.06. The summed E-state index contributed by atoms with van der Waals surface area (Å²) in [6.07, 6.45) is 5.61. The van der Waals surface area contributed by atoms with Crippen molar-refractivity contribution in [2.75, 3.05) is 13.1 Å². The van der Waals surface area contributed by atoms with Crippen molar-refractivity contribution < 1.29 is 9.59 Å². The Bertz CT molecular complexity index is 289. The van der Waals surface area contributed by atoms with Crippen LogP contribution in [-0.4, -0.2) is 24.9 Å². The third-order valence-electron chi connectivity index (χ3n) is 3.37. The monoisotopic (exact) mass is 254 g/mol. The van der Waals surface area contributed by atoms with Gasteiger partial charge in [-0.25, -0.2) is 0 Å². The van der Waals surface area contributed by atoms with Gasteiger partial charge in [0.1, 0.15) is 0 Å². The first-order valence-electron chi connectivity index (χ1n) is 6.97. The molecule has 0 aromatic heterocycles. The van der Waals surface area contributed by atoms with Crippen molar-refractivity contribution in [3.8, 4) is 0 Å². The molecule has 0 aromatic rings. The summed E-state index contributed by atoms with van der Waals surface area (Å²) in [5.74, 6) is 0.367. The number of carbonyl (C=O) groups is 2. The molecule has 1 rings (SSSR count). The van der Waals surface area contributed by atoms with E-state index >= 15 is 0 Å². The summed E-state index contributed by atoms with van der Waals surface area (Å²) in [4.78, 5) is 23.4. The third kappa shape index (κ3) is 5.07. The van der Waals surface area contributed by atoms with Gasteiger partial charge < -0.3 is 10.6 Å². The Morgan fingerprint density at radius 3 is 2.11 bits per heavy atom. The quantitative estimate of drug-likeness (QED) is 0.752. The highest BCUT2D eigenvalue weighted by Gasteiger charge is 2.22. The van der Waals surface area contributed by atoms with Gasteiger partial charge in [0.05, 0.1) is 0 Å². The molecule has 0 unspecified atom stereocenters. The highest BCUT2D eigenvalue weighted by Crippen LogP contribution is 2.23. The summed E-state index contributed by atoms with van der Waals surface area (Å²) in [5, 5.41) is 5.73. The fraction of sp³-hybridized carbons (Fsp3) is 0.857. The SMILES string of the molecule is CC(C)(C)C(=O)NCCNC(=O)C1CCCCC1. The topological polar surface area (TPSA) is 58.2 Å². The molecule has 1 aliphatic carbocycles. The molecule has 0 radical (unpaired) electrons. The first-order valence-corrected chi connectivity index (χ1v) is 6.97. The molecule has 0 aromatic carbocycles. The molecule has 0 aliphatic heterocycles. The normalized spacial score (nSPS) is 17.3. The van der Waals surface area contributed by atoms with E-state index in [1.807, 2.05) is 20.8 Å². The van der Waals surface area contributed by atoms with Crippen molar-refractivity contribution in [3.05, 3.63) is 0 Å². The van der Waals surface area contributed by atoms with Crippen LogP contribution < -0.4 is 10.6 Å². The zero-order valence-corrected chi connectivity index (χ0v) is 11.8. The van der Waals surface area contributed by atoms with Gasteiger partial charge in [0.15, 0.2) is 0 Å². The molecular formula is C14H26N2O2. The van der Waals surface area contributed by atoms with Crippen LogP contribution in [0.3, 0.4) is 0 Å². The fourth-order valence-corrected chi connectivity index (χ4v) is 2.14. The van der Waals surface area contributed by atoms with Crippen molar-refractivity contribution in [2.24, 2.45) is 11.3 Å². The molecule has 0 atom stereocenters. The van der Waals surface area contributed by atoms with Gasteiger partial charge in [0, 0.05) is 24.4 Å². The van der Waals surface area contributed by atoms with Gasteiger partial charge in [0.25, 0.3) is 0 Å². The highest BCUT2D eigenvalue weighted by molar-refractivity contribution is 5.81. The zero-order valence-electron chi connectivity index (χ0n) is 11.8. The number of hydrogen-bond donors (Lipinski definition) is 2. The van der Waals surface area contributed by atoms with E-state index in [-0.39, 0.29) is 23.1 Å². The summed E-state index contributed by atoms with van der Waals surface area (Å²) >= 11 is 0. The van der Waals surface area contributed by atoms with Crippen LogP contribution in [0.15, 0.2) is 0 Å². The molecule has 0 heterocycles. The van der Waals surface area contributed by atoms with Gasteiger partial charge in [-0.3, -0.25) is 9.59 Å². The minimum Gasteiger partial charge on any atom is -0.354 e. The summed E-state index contributed by atoms with van der Waals surface area (Å²) in [5.41, 5.74) is -0.368. The zero-order chi connectivity index (χ0) is 13.6. The van der Waals surface area contributed by atoms with Crippen LogP contribution in [0.2, 0.25) is 0 Å². The van der Waals surface area contributed by atoms with Crippen LogP contribution in [0, 0.1) is 11.3 Å². The van der Waals surface area contributed by atoms with Crippen molar-refractivity contribution in [3.63, 3.8) is 0 Å². The van der Waals surface area contributed by atoms with Gasteiger partial charge in [-0.2, -0.15) is 0 Å². The molecule has 2 N–H and O–H groups in total. The number of amides is 2. The molecule has 18 heavy (non-hydrogen) atoms. The lowest BCUT2D eigenvalue weighted by Crippen LogP contribution is -2.41. The second-order valence-electron chi connectivity index (χ2n) is 6.13. The highest BCUT2D eigenvalue weighted by atomic mass is 16.2. The Morgan fingerprint density at radius 1 is 1.00 bits per heavy atom. The minimum absolute atomic E-state index is 0.0226. The standard InChI is InChI=1S/C14H26N2O2/c1-14(2,3)13(18)16-10-9-15-12(17)11-7-5-4-6-8-11/h11H,4-10H2,1-3H3,(H,15,17)(H,16,18). The predicted octanol–water partition coefficient (Wildman–Crippen LogP) is 1.85. The summed E-state index contributed by atoms with van der Waals surface area (Å²) in [6.45, 7) is 6.67. The molecule has 1 aliphatic rings. The number of hydrogen-bond acceptors (Lipinski definition) is 2. The van der Waals surface area contributed by atoms with Gasteiger partial charge in [-0.15, -0.1) is 0 Å². The van der Waals surface area contributed by atoms with Crippen LogP contribution in [-0.2, 0) is 9.59 Å². The Kier molecular flexibility index (Phi) is 5.63. The van der Waals surface area contributed by atoms with Crippen LogP contribution in [0.25, 0.3) is 0 Å². The molecule has 2 amide bonds. The van der Waals surface area contributed by atoms with E-state index in [4.69, 9.17) is 0 Å². The molecule has 1 saturated carbocycles. The van der Waals surface area contributed by atoms with E-state index in [0.29, 0.717) is 13.1 Å². The maximum absolute atomic E-state index is 11.8. The second kappa shape index (κ2) is 6.76. The van der Waals surface area contributed by atoms with E-state index in [0.717, 1.165) is 12.8 Å². The van der Waals surface area contributed by atoms with E-state index in [1.165, 1.54) is 19.3 Å². The summed E-state index contributed by atoms with van der Waals surface area (Å²) in [7, 11) is 0. The second-order valence-corrected chi connectivity index (χ2v) is 6.13. The molecule has 0 bridgehead atoms. The molecule has 1 fully saturated rings. The third-order valence-corrected chi connectivity index (χ3v) is 3.37. The van der Waals surface area contributed by atoms with Crippen molar-refractivity contribution in [1.29, 1.82) is 0 Å². The van der Waals surface area contributed by atoms with Crippen molar-refractivity contribution >= 4 is 11.8 Å². The summed E-state index contributed by atoms with van der Waals surface area (Å²) in [6, 6.07) is 0. The van der Waals surface area contributed by atoms with Crippen LogP contribution >= 0.6 is 0 Å². The van der Waals surface area contributed by atoms with Crippen molar-refractivity contribution in [1.82, 2.24) is 10.6 Å². The lowest BCUT2D eigenvalue weighted by molar-refractivity contribution is -0.129. The van der Waals surface area contributed by atoms with Gasteiger partial charge in [0.2, 0.25) is 11.8 Å². The molecule has 0 spiro atoms. The lowest BCUT2D eigenvalue weighted by Gasteiger charge is -2.21. The fourth-order valence-electron chi connectivity index (χ4n) is 2.14. The Labute approximate surface area is 110 Å². The molecular weight excluding hydrogens is 228 g/mol. The van der Waals surface area contributed by atoms with E-state index in [2.05, 4.69) is 10.6 Å². The average Bonchev–Trinajstić information content (AvgIpc) is 2.34. The van der Waals surface area contributed by atoms with Gasteiger partial charge in [-0.1, -0.05) is 40.0 Å². The number of nitrogens with one attached hydrogen (secondary N) is 2. The first kappa shape index (κ1) is 15.0. The van der Waals surface area contributed by atoms with Crippen molar-refractivity contribution in [2.45, 2.75) is 52.9 Å². The minimum atomic E-state index is -0.368. The lowest BCUT2D eigenvalue weighted by atomic mass is 9.89. The van der Waals surface area contributed by atoms with E-state index in [1.54, 1.807) is 0 Å². The molecule has 4 heteroatoms. The maximum atomic E-state index is 11.8. The van der Waals surface area contributed by atoms with Gasteiger partial charge >= 0.3 is 0 Å². The summed E-state index contributed by atoms with van der Waals surface area (Å²) < 4.78 is 0. The Balaban J connectivity index is 2.14. The van der Waals surface area contributed by atoms with Crippen LogP contribution in [0.4, 0.5) is 0 Å². The van der Waals surface area contributed by atoms with Crippen LogP contribution in [0.1, 0.15) is 52.9 Å². The van der Waals surface area contributed by atoms with E-state index < -0.39 is 0 Å². The number of carbonyl (C=O) groups excluding carboxylic acids is 2. The molecule has 0 saturated heterocycles. The first-order chi connectivity index (χ1) is 8.41. The Morgan fingerprint density at radius 2 is 1.56 bits per heavy atom. The average molecular weight is 254 g/mol. The van der Waals surface area contributed by atoms with Crippen LogP contribution in [0.5, 0.6) is 0 Å². The largest absolute Gasteiger partial charge is 0.354 e. The molecule has 104 valence electrons. The van der Waals surface area contributed by atoms with E-state index in [9.17, 15) is 9.59 Å². The smallest absolute Gasteiger partial charge is 0.225 e. The number of rotatable bonds is 4. The maximum Gasteiger partial charge on any atom is 0.225 e. The van der Waals surface area contributed by atoms with Gasteiger partial charge in [-0.05, 0) is 12.8 Å². The molecule has 4 nitrogen and oxygen atoms in total.